The molecule has 2 N–H and O–H groups in total. The van der Waals surface area contributed by atoms with Crippen molar-refractivity contribution in [3.8, 4) is 0 Å². The van der Waals surface area contributed by atoms with Gasteiger partial charge in [-0.05, 0) is 13.0 Å². The maximum atomic E-state index is 10.8. The van der Waals surface area contributed by atoms with Gasteiger partial charge in [0.15, 0.2) is 0 Å². The topological polar surface area (TPSA) is 84.2 Å². The lowest BCUT2D eigenvalue weighted by molar-refractivity contribution is -0.134. The maximum Gasteiger partial charge on any atom is 0.352 e. The maximum absolute atomic E-state index is 10.8. The van der Waals surface area contributed by atoms with Crippen LogP contribution in [0.25, 0.3) is 0 Å². The Morgan fingerprint density at radius 1 is 1.59 bits per heavy atom. The molecular formula is C11H15N3O3. The summed E-state index contributed by atoms with van der Waals surface area (Å²) in [5.74, 6) is -0.802. The van der Waals surface area contributed by atoms with Crippen molar-refractivity contribution in [3.05, 3.63) is 30.0 Å². The summed E-state index contributed by atoms with van der Waals surface area (Å²) in [5.41, 5.74) is -0.122. The van der Waals surface area contributed by atoms with E-state index in [4.69, 9.17) is 5.11 Å². The quantitative estimate of drug-likeness (QED) is 0.732. The molecule has 0 aliphatic carbocycles. The van der Waals surface area contributed by atoms with E-state index >= 15 is 0 Å². The van der Waals surface area contributed by atoms with E-state index in [1.165, 1.54) is 13.0 Å². The van der Waals surface area contributed by atoms with Crippen molar-refractivity contribution in [2.75, 3.05) is 0 Å². The van der Waals surface area contributed by atoms with Gasteiger partial charge in [-0.15, -0.1) is 0 Å². The van der Waals surface area contributed by atoms with Gasteiger partial charge in [-0.1, -0.05) is 0 Å². The average molecular weight is 237 g/mol. The molecule has 1 aromatic rings. The highest BCUT2D eigenvalue weighted by Gasteiger charge is 2.09. The van der Waals surface area contributed by atoms with Crippen molar-refractivity contribution in [1.82, 2.24) is 14.9 Å². The third kappa shape index (κ3) is 3.75. The fourth-order valence-electron chi connectivity index (χ4n) is 1.39. The van der Waals surface area contributed by atoms with Crippen LogP contribution < -0.4 is 5.32 Å². The Hall–Kier alpha value is -2.11. The molecule has 0 fully saturated rings. The number of amides is 1. The first-order valence-electron chi connectivity index (χ1n) is 5.25. The second-order valence-corrected chi connectivity index (χ2v) is 3.44. The number of carboxylic acid groups (broad SMARTS) is 1. The molecule has 0 unspecified atom stereocenters. The van der Waals surface area contributed by atoms with E-state index in [1.54, 1.807) is 6.20 Å². The number of hydrogen-bond acceptors (Lipinski definition) is 3. The van der Waals surface area contributed by atoms with Gasteiger partial charge in [-0.2, -0.15) is 0 Å². The summed E-state index contributed by atoms with van der Waals surface area (Å²) < 4.78 is 1.91. The third-order valence-corrected chi connectivity index (χ3v) is 2.17. The Morgan fingerprint density at radius 2 is 2.29 bits per heavy atom. The lowest BCUT2D eigenvalue weighted by Crippen LogP contribution is -2.25. The van der Waals surface area contributed by atoms with E-state index in [0.29, 0.717) is 6.42 Å². The van der Waals surface area contributed by atoms with E-state index in [2.05, 4.69) is 10.3 Å². The summed E-state index contributed by atoms with van der Waals surface area (Å²) in [4.78, 5) is 25.8. The largest absolute Gasteiger partial charge is 0.477 e. The van der Waals surface area contributed by atoms with Gasteiger partial charge in [0.2, 0.25) is 5.91 Å². The van der Waals surface area contributed by atoms with Crippen LogP contribution in [0.5, 0.6) is 0 Å². The Labute approximate surface area is 99.0 Å². The predicted molar refractivity (Wildman–Crippen MR) is 61.1 cm³/mol. The number of carboxylic acids is 1. The van der Waals surface area contributed by atoms with Gasteiger partial charge in [0.05, 0.1) is 0 Å². The SMILES string of the molecule is CCn1ccnc1C/C=C(/NC(C)=O)C(=O)O. The molecule has 6 nitrogen and oxygen atoms in total. The molecule has 1 aromatic heterocycles. The molecule has 17 heavy (non-hydrogen) atoms. The molecule has 6 heteroatoms. The number of rotatable bonds is 5. The smallest absolute Gasteiger partial charge is 0.352 e. The number of nitrogens with one attached hydrogen (secondary N) is 1. The molecule has 1 heterocycles. The molecule has 0 aliphatic rings. The number of allylic oxidation sites excluding steroid dienone is 1. The number of hydrogen-bond donors (Lipinski definition) is 2. The molecular weight excluding hydrogens is 222 g/mol. The van der Waals surface area contributed by atoms with Crippen molar-refractivity contribution in [1.29, 1.82) is 0 Å². The highest BCUT2D eigenvalue weighted by atomic mass is 16.4. The molecule has 0 spiro atoms. The van der Waals surface area contributed by atoms with E-state index in [-0.39, 0.29) is 5.70 Å². The van der Waals surface area contributed by atoms with E-state index in [0.717, 1.165) is 12.4 Å². The van der Waals surface area contributed by atoms with Crippen molar-refractivity contribution in [2.45, 2.75) is 26.8 Å². The zero-order chi connectivity index (χ0) is 12.8. The normalized spacial score (nSPS) is 11.3. The number of imidazole rings is 1. The van der Waals surface area contributed by atoms with Gasteiger partial charge in [-0.3, -0.25) is 4.79 Å². The predicted octanol–water partition coefficient (Wildman–Crippen LogP) is 0.550. The summed E-state index contributed by atoms with van der Waals surface area (Å²) >= 11 is 0. The summed E-state index contributed by atoms with van der Waals surface area (Å²) in [7, 11) is 0. The molecule has 0 radical (unpaired) electrons. The van der Waals surface area contributed by atoms with E-state index in [1.807, 2.05) is 17.7 Å². The highest BCUT2D eigenvalue weighted by Crippen LogP contribution is 2.01. The average Bonchev–Trinajstić information content (AvgIpc) is 2.70. The molecule has 0 aromatic carbocycles. The number of carbonyl (C=O) groups is 2. The zero-order valence-electron chi connectivity index (χ0n) is 9.80. The first-order chi connectivity index (χ1) is 8.04. The number of aliphatic carboxylic acids is 1. The first kappa shape index (κ1) is 13.0. The minimum Gasteiger partial charge on any atom is -0.477 e. The fourth-order valence-corrected chi connectivity index (χ4v) is 1.39. The molecule has 0 saturated carbocycles. The van der Waals surface area contributed by atoms with Crippen LogP contribution in [0.1, 0.15) is 19.7 Å². The van der Waals surface area contributed by atoms with Gasteiger partial charge >= 0.3 is 5.97 Å². The minimum absolute atomic E-state index is 0.122. The van der Waals surface area contributed by atoms with Crippen LogP contribution in [0.2, 0.25) is 0 Å². The van der Waals surface area contributed by atoms with E-state index < -0.39 is 11.9 Å². The Bertz CT molecular complexity index is 449. The second kappa shape index (κ2) is 5.83. The van der Waals surface area contributed by atoms with Crippen molar-refractivity contribution < 1.29 is 14.7 Å². The summed E-state index contributed by atoms with van der Waals surface area (Å²) in [6.45, 7) is 4.01. The summed E-state index contributed by atoms with van der Waals surface area (Å²) in [6, 6.07) is 0. The van der Waals surface area contributed by atoms with Crippen LogP contribution in [-0.4, -0.2) is 26.5 Å². The van der Waals surface area contributed by atoms with Gasteiger partial charge < -0.3 is 15.0 Å². The highest BCUT2D eigenvalue weighted by molar-refractivity contribution is 5.91. The first-order valence-corrected chi connectivity index (χ1v) is 5.25. The lowest BCUT2D eigenvalue weighted by Gasteiger charge is -2.04. The van der Waals surface area contributed by atoms with Gasteiger partial charge in [0, 0.05) is 32.3 Å². The molecule has 0 saturated heterocycles. The number of aryl methyl sites for hydroxylation is 1. The third-order valence-electron chi connectivity index (χ3n) is 2.17. The molecule has 0 aliphatic heterocycles. The second-order valence-electron chi connectivity index (χ2n) is 3.44. The number of nitrogens with zero attached hydrogens (tertiary/aromatic N) is 2. The number of carbonyl (C=O) groups excluding carboxylic acids is 1. The van der Waals surface area contributed by atoms with Crippen molar-refractivity contribution in [2.24, 2.45) is 0 Å². The molecule has 92 valence electrons. The molecule has 0 bridgehead atoms. The van der Waals surface area contributed by atoms with Crippen molar-refractivity contribution in [3.63, 3.8) is 0 Å². The molecule has 1 amide bonds. The summed E-state index contributed by atoms with van der Waals surface area (Å²) in [5, 5.41) is 11.1. The monoisotopic (exact) mass is 237 g/mol. The van der Waals surface area contributed by atoms with E-state index in [9.17, 15) is 9.59 Å². The molecule has 1 rings (SSSR count). The number of aromatic nitrogens is 2. The Balaban J connectivity index is 2.79. The van der Waals surface area contributed by atoms with Crippen LogP contribution in [0, 0.1) is 0 Å². The van der Waals surface area contributed by atoms with Crippen molar-refractivity contribution >= 4 is 11.9 Å². The van der Waals surface area contributed by atoms with Crippen LogP contribution in [-0.2, 0) is 22.6 Å². The van der Waals surface area contributed by atoms with Gasteiger partial charge in [0.25, 0.3) is 0 Å². The standard InChI is InChI=1S/C11H15N3O3/c1-3-14-7-6-12-10(14)5-4-9(11(16)17)13-8(2)15/h4,6-7H,3,5H2,1-2H3,(H,13,15)(H,16,17)/b9-4+. The molecule has 0 atom stereocenters. The Morgan fingerprint density at radius 3 is 2.82 bits per heavy atom. The Kier molecular flexibility index (Phi) is 4.45. The van der Waals surface area contributed by atoms with Crippen LogP contribution in [0.3, 0.4) is 0 Å². The fraction of sp³-hybridized carbons (Fsp3) is 0.364. The van der Waals surface area contributed by atoms with Crippen LogP contribution in [0.15, 0.2) is 24.2 Å². The van der Waals surface area contributed by atoms with Gasteiger partial charge in [0.1, 0.15) is 11.5 Å². The minimum atomic E-state index is -1.16. The summed E-state index contributed by atoms with van der Waals surface area (Å²) in [6.07, 6.45) is 5.29. The lowest BCUT2D eigenvalue weighted by atomic mass is 10.3. The van der Waals surface area contributed by atoms with Crippen LogP contribution >= 0.6 is 0 Å². The van der Waals surface area contributed by atoms with Gasteiger partial charge in [-0.25, -0.2) is 9.78 Å². The van der Waals surface area contributed by atoms with Crippen LogP contribution in [0.4, 0.5) is 0 Å². The zero-order valence-corrected chi connectivity index (χ0v) is 9.80.